The first kappa shape index (κ1) is 25.2. The molecule has 0 spiro atoms. The lowest BCUT2D eigenvalue weighted by atomic mass is 9.43. The van der Waals surface area contributed by atoms with Crippen molar-refractivity contribution in [2.75, 3.05) is 0 Å². The minimum Gasteiger partial charge on any atom is -0.393 e. The van der Waals surface area contributed by atoms with Gasteiger partial charge >= 0.3 is 0 Å². The molecule has 0 saturated heterocycles. The SMILES string of the molecule is C=C(C)C(=O)C[C@@H](O)[C@H](C)[C@H]1CC[C@@]2(C)C3=C(CC[C@]12C)[C@@]1(C)CC[C@H](O)C(C)(C)[C@@H]1CC3. The van der Waals surface area contributed by atoms with Crippen LogP contribution in [0.25, 0.3) is 0 Å². The quantitative estimate of drug-likeness (QED) is 0.361. The number of hydrogen-bond acceptors (Lipinski definition) is 3. The van der Waals surface area contributed by atoms with Crippen LogP contribution in [0.4, 0.5) is 0 Å². The molecule has 186 valence electrons. The number of carbonyl (C=O) groups excluding carboxylic acids is 1. The molecule has 0 aromatic heterocycles. The second kappa shape index (κ2) is 8.05. The van der Waals surface area contributed by atoms with E-state index in [-0.39, 0.29) is 45.9 Å². The maximum atomic E-state index is 12.2. The molecule has 0 unspecified atom stereocenters. The Morgan fingerprint density at radius 3 is 2.33 bits per heavy atom. The van der Waals surface area contributed by atoms with Gasteiger partial charge < -0.3 is 10.2 Å². The number of ketones is 1. The fraction of sp³-hybridized carbons (Fsp3) is 0.833. The van der Waals surface area contributed by atoms with Gasteiger partial charge in [0.25, 0.3) is 0 Å². The van der Waals surface area contributed by atoms with Crippen molar-refractivity contribution in [2.45, 2.75) is 118 Å². The standard InChI is InChI=1S/C30H48O3/c1-18(2)23(31)17-24(32)19(3)20-11-15-30(8)22-9-10-25-27(4,5)26(33)13-14-28(25,6)21(22)12-16-29(20,30)7/h19-20,24-26,32-33H,1,9-17H2,2-8H3/t19-,20-,24-,25+,26+,28-,29-,30+/m1/s1. The van der Waals surface area contributed by atoms with Crippen molar-refractivity contribution in [1.29, 1.82) is 0 Å². The largest absolute Gasteiger partial charge is 0.393 e. The van der Waals surface area contributed by atoms with Crippen LogP contribution in [-0.4, -0.2) is 28.2 Å². The highest BCUT2D eigenvalue weighted by Gasteiger charge is 2.63. The monoisotopic (exact) mass is 456 g/mol. The Balaban J connectivity index is 1.65. The molecular weight excluding hydrogens is 408 g/mol. The molecule has 0 heterocycles. The van der Waals surface area contributed by atoms with E-state index in [1.807, 2.05) is 0 Å². The summed E-state index contributed by atoms with van der Waals surface area (Å²) in [6.45, 7) is 19.8. The van der Waals surface area contributed by atoms with Crippen LogP contribution in [0.1, 0.15) is 106 Å². The number of fused-ring (bicyclic) bond motifs is 4. The lowest BCUT2D eigenvalue weighted by Crippen LogP contribution is -2.55. The Kier molecular flexibility index (Phi) is 6.14. The molecule has 0 aromatic carbocycles. The highest BCUT2D eigenvalue weighted by molar-refractivity contribution is 5.94. The van der Waals surface area contributed by atoms with Crippen LogP contribution in [0.2, 0.25) is 0 Å². The minimum atomic E-state index is -0.595. The van der Waals surface area contributed by atoms with Gasteiger partial charge in [0.05, 0.1) is 12.2 Å². The van der Waals surface area contributed by atoms with E-state index >= 15 is 0 Å². The van der Waals surface area contributed by atoms with Gasteiger partial charge in [-0.2, -0.15) is 0 Å². The Morgan fingerprint density at radius 1 is 1.03 bits per heavy atom. The predicted molar refractivity (Wildman–Crippen MR) is 135 cm³/mol. The van der Waals surface area contributed by atoms with Crippen molar-refractivity contribution in [3.05, 3.63) is 23.3 Å². The van der Waals surface area contributed by atoms with E-state index in [1.54, 1.807) is 18.1 Å². The fourth-order valence-corrected chi connectivity index (χ4v) is 9.38. The van der Waals surface area contributed by atoms with Gasteiger partial charge in [0.15, 0.2) is 5.78 Å². The summed E-state index contributed by atoms with van der Waals surface area (Å²) >= 11 is 0. The van der Waals surface area contributed by atoms with E-state index < -0.39 is 6.10 Å². The summed E-state index contributed by atoms with van der Waals surface area (Å²) in [5.74, 6) is 1.08. The highest BCUT2D eigenvalue weighted by atomic mass is 16.3. The van der Waals surface area contributed by atoms with Crippen molar-refractivity contribution in [1.82, 2.24) is 0 Å². The Hall–Kier alpha value is -0.930. The van der Waals surface area contributed by atoms with Gasteiger partial charge in [0.1, 0.15) is 0 Å². The van der Waals surface area contributed by atoms with Gasteiger partial charge in [-0.15, -0.1) is 0 Å². The first-order valence-electron chi connectivity index (χ1n) is 13.5. The van der Waals surface area contributed by atoms with Gasteiger partial charge in [-0.3, -0.25) is 4.79 Å². The Labute approximate surface area is 202 Å². The normalized spacial score (nSPS) is 43.8. The molecule has 0 aliphatic heterocycles. The summed E-state index contributed by atoms with van der Waals surface area (Å²) in [5.41, 5.74) is 4.51. The average Bonchev–Trinajstić information content (AvgIpc) is 3.02. The third-order valence-corrected chi connectivity index (χ3v) is 11.9. The summed E-state index contributed by atoms with van der Waals surface area (Å²) in [6, 6.07) is 0. The van der Waals surface area contributed by atoms with Gasteiger partial charge in [0.2, 0.25) is 0 Å². The van der Waals surface area contributed by atoms with Gasteiger partial charge in [-0.1, -0.05) is 59.3 Å². The number of carbonyl (C=O) groups is 1. The van der Waals surface area contributed by atoms with E-state index in [4.69, 9.17) is 0 Å². The second-order valence-electron chi connectivity index (χ2n) is 13.6. The van der Waals surface area contributed by atoms with Crippen LogP contribution in [0.5, 0.6) is 0 Å². The third kappa shape index (κ3) is 3.46. The van der Waals surface area contributed by atoms with E-state index in [0.717, 1.165) is 32.1 Å². The zero-order chi connectivity index (χ0) is 24.6. The maximum absolute atomic E-state index is 12.2. The molecule has 8 atom stereocenters. The third-order valence-electron chi connectivity index (χ3n) is 11.9. The van der Waals surface area contributed by atoms with Crippen LogP contribution in [0.3, 0.4) is 0 Å². The minimum absolute atomic E-state index is 0.0118. The highest BCUT2D eigenvalue weighted by Crippen LogP contribution is 2.72. The van der Waals surface area contributed by atoms with Gasteiger partial charge in [0, 0.05) is 6.42 Å². The molecule has 3 nitrogen and oxygen atoms in total. The molecule has 4 aliphatic rings. The smallest absolute Gasteiger partial charge is 0.160 e. The number of hydrogen-bond donors (Lipinski definition) is 2. The molecule has 3 heteroatoms. The van der Waals surface area contributed by atoms with Crippen LogP contribution in [0.15, 0.2) is 23.3 Å². The molecule has 2 saturated carbocycles. The second-order valence-corrected chi connectivity index (χ2v) is 13.6. The van der Waals surface area contributed by atoms with Crippen molar-refractivity contribution < 1.29 is 15.0 Å². The number of Topliss-reactive ketones (excluding diaryl/α,β-unsaturated/α-hetero) is 1. The molecule has 0 aromatic rings. The average molecular weight is 457 g/mol. The van der Waals surface area contributed by atoms with Crippen LogP contribution < -0.4 is 0 Å². The van der Waals surface area contributed by atoms with E-state index in [9.17, 15) is 15.0 Å². The molecule has 0 amide bonds. The zero-order valence-electron chi connectivity index (χ0n) is 22.3. The molecule has 0 radical (unpaired) electrons. The van der Waals surface area contributed by atoms with Crippen LogP contribution >= 0.6 is 0 Å². The lowest BCUT2D eigenvalue weighted by Gasteiger charge is -2.62. The van der Waals surface area contributed by atoms with Crippen molar-refractivity contribution in [3.8, 4) is 0 Å². The molecule has 2 N–H and O–H groups in total. The first-order valence-corrected chi connectivity index (χ1v) is 13.5. The number of rotatable bonds is 5. The fourth-order valence-electron chi connectivity index (χ4n) is 9.38. The Bertz CT molecular complexity index is 868. The summed E-state index contributed by atoms with van der Waals surface area (Å²) in [5, 5.41) is 21.8. The van der Waals surface area contributed by atoms with E-state index in [0.29, 0.717) is 17.4 Å². The number of allylic oxidation sites excluding steroid dienone is 3. The van der Waals surface area contributed by atoms with Crippen molar-refractivity contribution in [3.63, 3.8) is 0 Å². The van der Waals surface area contributed by atoms with Gasteiger partial charge in [-0.25, -0.2) is 0 Å². The van der Waals surface area contributed by atoms with Crippen molar-refractivity contribution in [2.24, 2.45) is 39.4 Å². The molecule has 4 rings (SSSR count). The zero-order valence-corrected chi connectivity index (χ0v) is 22.3. The molecule has 0 bridgehead atoms. The predicted octanol–water partition coefficient (Wildman–Crippen LogP) is 6.63. The summed E-state index contributed by atoms with van der Waals surface area (Å²) < 4.78 is 0. The first-order chi connectivity index (χ1) is 15.2. The van der Waals surface area contributed by atoms with Crippen LogP contribution in [0, 0.1) is 39.4 Å². The van der Waals surface area contributed by atoms with Crippen molar-refractivity contribution >= 4 is 5.78 Å². The molecule has 33 heavy (non-hydrogen) atoms. The summed E-state index contributed by atoms with van der Waals surface area (Å²) in [4.78, 5) is 12.2. The Morgan fingerprint density at radius 2 is 1.70 bits per heavy atom. The summed E-state index contributed by atoms with van der Waals surface area (Å²) in [7, 11) is 0. The molecular formula is C30H48O3. The van der Waals surface area contributed by atoms with Gasteiger partial charge in [-0.05, 0) is 103 Å². The topological polar surface area (TPSA) is 57.5 Å². The number of aliphatic hydroxyl groups excluding tert-OH is 2. The number of aliphatic hydroxyl groups is 2. The van der Waals surface area contributed by atoms with E-state index in [2.05, 4.69) is 48.1 Å². The lowest BCUT2D eigenvalue weighted by molar-refractivity contribution is -0.119. The molecule has 2 fully saturated rings. The molecule has 4 aliphatic carbocycles. The summed E-state index contributed by atoms with van der Waals surface area (Å²) in [6.07, 6.45) is 8.42. The van der Waals surface area contributed by atoms with Crippen LogP contribution in [-0.2, 0) is 4.79 Å². The van der Waals surface area contributed by atoms with E-state index in [1.165, 1.54) is 19.3 Å². The maximum Gasteiger partial charge on any atom is 0.160 e.